The summed E-state index contributed by atoms with van der Waals surface area (Å²) in [6, 6.07) is 3.45. The molecule has 0 unspecified atom stereocenters. The standard InChI is InChI=1S/C11H13N5O3S/c1-3-19-11-14-10(15-16-11)13-9(18)7-4-5-8(20-7)12-6(2)17/h4-5H,3H2,1-2H3,(H,12,17)(H2,13,14,15,16,18). The van der Waals surface area contributed by atoms with Gasteiger partial charge in [-0.1, -0.05) is 0 Å². The first-order valence-electron chi connectivity index (χ1n) is 5.82. The van der Waals surface area contributed by atoms with Gasteiger partial charge in [-0.3, -0.25) is 14.9 Å². The van der Waals surface area contributed by atoms with Gasteiger partial charge in [0.2, 0.25) is 11.9 Å². The van der Waals surface area contributed by atoms with Crippen molar-refractivity contribution in [3.63, 3.8) is 0 Å². The van der Waals surface area contributed by atoms with E-state index in [-0.39, 0.29) is 23.8 Å². The van der Waals surface area contributed by atoms with E-state index in [0.717, 1.165) is 0 Å². The summed E-state index contributed by atoms with van der Waals surface area (Å²) in [7, 11) is 0. The summed E-state index contributed by atoms with van der Waals surface area (Å²) in [5, 5.41) is 12.1. The maximum absolute atomic E-state index is 11.9. The molecule has 0 spiro atoms. The van der Waals surface area contributed by atoms with E-state index in [0.29, 0.717) is 16.5 Å². The molecular weight excluding hydrogens is 282 g/mol. The van der Waals surface area contributed by atoms with Crippen molar-refractivity contribution in [2.24, 2.45) is 0 Å². The Bertz CT molecular complexity index is 621. The van der Waals surface area contributed by atoms with E-state index in [9.17, 15) is 9.59 Å². The van der Waals surface area contributed by atoms with E-state index in [2.05, 4.69) is 25.8 Å². The fourth-order valence-corrected chi connectivity index (χ4v) is 2.21. The Morgan fingerprint density at radius 1 is 1.40 bits per heavy atom. The number of hydrogen-bond donors (Lipinski definition) is 3. The smallest absolute Gasteiger partial charge is 0.337 e. The minimum absolute atomic E-state index is 0.174. The monoisotopic (exact) mass is 295 g/mol. The molecule has 0 saturated heterocycles. The highest BCUT2D eigenvalue weighted by Gasteiger charge is 2.12. The Balaban J connectivity index is 2.00. The third-order valence-electron chi connectivity index (χ3n) is 2.10. The van der Waals surface area contributed by atoms with E-state index >= 15 is 0 Å². The molecule has 0 aliphatic carbocycles. The van der Waals surface area contributed by atoms with Crippen molar-refractivity contribution in [3.8, 4) is 6.01 Å². The van der Waals surface area contributed by atoms with Crippen LogP contribution in [0.25, 0.3) is 0 Å². The highest BCUT2D eigenvalue weighted by Crippen LogP contribution is 2.22. The van der Waals surface area contributed by atoms with Crippen molar-refractivity contribution in [3.05, 3.63) is 17.0 Å². The topological polar surface area (TPSA) is 109 Å². The first kappa shape index (κ1) is 14.0. The van der Waals surface area contributed by atoms with Crippen LogP contribution in [-0.2, 0) is 4.79 Å². The number of anilines is 2. The third-order valence-corrected chi connectivity index (χ3v) is 3.10. The number of aromatic amines is 1. The van der Waals surface area contributed by atoms with E-state index in [1.54, 1.807) is 12.1 Å². The number of carbonyl (C=O) groups is 2. The van der Waals surface area contributed by atoms with Crippen molar-refractivity contribution in [1.82, 2.24) is 15.2 Å². The first-order valence-corrected chi connectivity index (χ1v) is 6.64. The van der Waals surface area contributed by atoms with Crippen molar-refractivity contribution in [1.29, 1.82) is 0 Å². The second-order valence-corrected chi connectivity index (χ2v) is 4.78. The van der Waals surface area contributed by atoms with Gasteiger partial charge in [-0.25, -0.2) is 5.10 Å². The van der Waals surface area contributed by atoms with Gasteiger partial charge in [0.1, 0.15) is 0 Å². The van der Waals surface area contributed by atoms with Crippen molar-refractivity contribution >= 4 is 34.1 Å². The first-order chi connectivity index (χ1) is 9.58. The van der Waals surface area contributed by atoms with Crippen LogP contribution >= 0.6 is 11.3 Å². The van der Waals surface area contributed by atoms with Crippen molar-refractivity contribution < 1.29 is 14.3 Å². The molecule has 2 heterocycles. The Labute approximate surface area is 118 Å². The molecule has 2 rings (SSSR count). The average molecular weight is 295 g/mol. The fraction of sp³-hybridized carbons (Fsp3) is 0.273. The quantitative estimate of drug-likeness (QED) is 0.774. The summed E-state index contributed by atoms with van der Waals surface area (Å²) >= 11 is 1.17. The van der Waals surface area contributed by atoms with Crippen LogP contribution < -0.4 is 15.4 Å². The second kappa shape index (κ2) is 6.15. The van der Waals surface area contributed by atoms with E-state index in [1.165, 1.54) is 18.3 Å². The summed E-state index contributed by atoms with van der Waals surface area (Å²) < 4.78 is 5.07. The Kier molecular flexibility index (Phi) is 4.31. The molecule has 0 atom stereocenters. The number of hydrogen-bond acceptors (Lipinski definition) is 6. The molecule has 8 nitrogen and oxygen atoms in total. The molecule has 106 valence electrons. The molecule has 0 aliphatic rings. The minimum Gasteiger partial charge on any atom is -0.463 e. The molecule has 0 radical (unpaired) electrons. The number of rotatable bonds is 5. The van der Waals surface area contributed by atoms with Gasteiger partial charge in [-0.2, -0.15) is 4.98 Å². The largest absolute Gasteiger partial charge is 0.463 e. The maximum Gasteiger partial charge on any atom is 0.337 e. The molecule has 0 fully saturated rings. The molecule has 3 N–H and O–H groups in total. The number of amides is 2. The van der Waals surface area contributed by atoms with Crippen LogP contribution in [0.3, 0.4) is 0 Å². The molecule has 0 aliphatic heterocycles. The van der Waals surface area contributed by atoms with E-state index < -0.39 is 0 Å². The summed E-state index contributed by atoms with van der Waals surface area (Å²) in [6.07, 6.45) is 0. The summed E-state index contributed by atoms with van der Waals surface area (Å²) in [5.74, 6) is -0.325. The van der Waals surface area contributed by atoms with Gasteiger partial charge in [0.15, 0.2) is 0 Å². The number of aromatic nitrogens is 3. The van der Waals surface area contributed by atoms with Crippen LogP contribution in [0.15, 0.2) is 12.1 Å². The molecule has 0 aromatic carbocycles. The predicted molar refractivity (Wildman–Crippen MR) is 74.1 cm³/mol. The maximum atomic E-state index is 11.9. The molecule has 20 heavy (non-hydrogen) atoms. The van der Waals surface area contributed by atoms with Crippen LogP contribution in [0.4, 0.5) is 10.9 Å². The number of carbonyl (C=O) groups excluding carboxylic acids is 2. The van der Waals surface area contributed by atoms with Crippen LogP contribution in [0, 0.1) is 0 Å². The highest BCUT2D eigenvalue weighted by atomic mass is 32.1. The number of H-pyrrole nitrogens is 1. The van der Waals surface area contributed by atoms with Gasteiger partial charge in [-0.05, 0) is 19.1 Å². The summed E-state index contributed by atoms with van der Waals surface area (Å²) in [6.45, 7) is 3.66. The highest BCUT2D eigenvalue weighted by molar-refractivity contribution is 7.18. The van der Waals surface area contributed by atoms with Crippen LogP contribution in [-0.4, -0.2) is 33.6 Å². The number of nitrogens with one attached hydrogen (secondary N) is 3. The SMILES string of the molecule is CCOc1n[nH]c(NC(=O)c2ccc(NC(C)=O)s2)n1. The number of nitrogens with zero attached hydrogens (tertiary/aromatic N) is 2. The molecule has 2 aromatic heterocycles. The Morgan fingerprint density at radius 3 is 2.90 bits per heavy atom. The van der Waals surface area contributed by atoms with Crippen molar-refractivity contribution in [2.75, 3.05) is 17.2 Å². The number of ether oxygens (including phenoxy) is 1. The van der Waals surface area contributed by atoms with Gasteiger partial charge < -0.3 is 10.1 Å². The molecule has 2 aromatic rings. The minimum atomic E-state index is -0.342. The van der Waals surface area contributed by atoms with E-state index in [4.69, 9.17) is 4.74 Å². The predicted octanol–water partition coefficient (Wildman–Crippen LogP) is 1.48. The number of thiophene rings is 1. The molecule has 0 saturated carbocycles. The van der Waals surface area contributed by atoms with Gasteiger partial charge in [0, 0.05) is 6.92 Å². The zero-order chi connectivity index (χ0) is 14.5. The second-order valence-electron chi connectivity index (χ2n) is 3.70. The van der Waals surface area contributed by atoms with Crippen molar-refractivity contribution in [2.45, 2.75) is 13.8 Å². The van der Waals surface area contributed by atoms with Crippen LogP contribution in [0.2, 0.25) is 0 Å². The lowest BCUT2D eigenvalue weighted by molar-refractivity contribution is -0.114. The van der Waals surface area contributed by atoms with Gasteiger partial charge in [-0.15, -0.1) is 16.4 Å². The fourth-order valence-electron chi connectivity index (χ4n) is 1.37. The lowest BCUT2D eigenvalue weighted by Gasteiger charge is -1.98. The van der Waals surface area contributed by atoms with E-state index in [1.807, 2.05) is 6.92 Å². The Hall–Kier alpha value is -2.42. The molecule has 0 bridgehead atoms. The average Bonchev–Trinajstić information content (AvgIpc) is 2.99. The molecule has 2 amide bonds. The van der Waals surface area contributed by atoms with Gasteiger partial charge >= 0.3 is 6.01 Å². The van der Waals surface area contributed by atoms with Crippen LogP contribution in [0.5, 0.6) is 6.01 Å². The summed E-state index contributed by atoms with van der Waals surface area (Å²) in [5.41, 5.74) is 0. The molecular formula is C11H13N5O3S. The third kappa shape index (κ3) is 3.54. The normalized spacial score (nSPS) is 10.1. The molecule has 9 heteroatoms. The summed E-state index contributed by atoms with van der Waals surface area (Å²) in [4.78, 5) is 27.2. The zero-order valence-electron chi connectivity index (χ0n) is 10.9. The van der Waals surface area contributed by atoms with Gasteiger partial charge in [0.25, 0.3) is 5.91 Å². The lowest BCUT2D eigenvalue weighted by Crippen LogP contribution is -2.11. The Morgan fingerprint density at radius 2 is 2.20 bits per heavy atom. The zero-order valence-corrected chi connectivity index (χ0v) is 11.7. The lowest BCUT2D eigenvalue weighted by atomic mass is 10.4. The van der Waals surface area contributed by atoms with Gasteiger partial charge in [0.05, 0.1) is 16.5 Å². The van der Waals surface area contributed by atoms with Crippen LogP contribution in [0.1, 0.15) is 23.5 Å².